The Labute approximate surface area is 172 Å². The third-order valence-electron chi connectivity index (χ3n) is 5.02. The molecule has 1 aromatic heterocycles. The minimum atomic E-state index is -0.728. The predicted octanol–water partition coefficient (Wildman–Crippen LogP) is 0.697. The van der Waals surface area contributed by atoms with Gasteiger partial charge in [0, 0.05) is 26.6 Å². The van der Waals surface area contributed by atoms with Crippen molar-refractivity contribution in [2.75, 3.05) is 35.7 Å². The molecule has 0 saturated carbocycles. The number of para-hydroxylation sites is 2. The molecule has 0 unspecified atom stereocenters. The molecule has 2 aromatic rings. The second-order valence-corrected chi connectivity index (χ2v) is 7.00. The molecule has 160 valence electrons. The van der Waals surface area contributed by atoms with Crippen LogP contribution in [0.1, 0.15) is 26.2 Å². The Morgan fingerprint density at radius 2 is 1.97 bits per heavy atom. The van der Waals surface area contributed by atoms with Gasteiger partial charge in [0.15, 0.2) is 12.3 Å². The Morgan fingerprint density at radius 1 is 1.23 bits per heavy atom. The van der Waals surface area contributed by atoms with Gasteiger partial charge < -0.3 is 20.3 Å². The van der Waals surface area contributed by atoms with Crippen LogP contribution in [0, 0.1) is 0 Å². The molecule has 10 heteroatoms. The first-order valence-corrected chi connectivity index (χ1v) is 9.76. The van der Waals surface area contributed by atoms with E-state index in [-0.39, 0.29) is 37.0 Å². The average molecular weight is 415 g/mol. The van der Waals surface area contributed by atoms with Crippen LogP contribution in [0.4, 0.5) is 17.2 Å². The number of aromatic amines is 1. The SMILES string of the molecule is CCCCn1c(N)c(N(C)C(=O)CCN2C(=O)COc3ccccc32)c(=O)[nH]c1=O. The lowest BCUT2D eigenvalue weighted by Crippen LogP contribution is -2.43. The first kappa shape index (κ1) is 21.2. The number of ether oxygens (including phenoxy) is 1. The summed E-state index contributed by atoms with van der Waals surface area (Å²) < 4.78 is 6.65. The number of hydrogen-bond acceptors (Lipinski definition) is 6. The van der Waals surface area contributed by atoms with E-state index in [0.717, 1.165) is 11.3 Å². The van der Waals surface area contributed by atoms with Crippen molar-refractivity contribution in [3.8, 4) is 5.75 Å². The van der Waals surface area contributed by atoms with E-state index in [1.807, 2.05) is 6.92 Å². The standard InChI is InChI=1S/C20H25N5O5/c1-3-4-10-25-18(21)17(19(28)22-20(25)29)23(2)15(26)9-11-24-13-7-5-6-8-14(13)30-12-16(24)27/h5-8H,3-4,9-12,21H2,1-2H3,(H,22,28,29). The topological polar surface area (TPSA) is 131 Å². The van der Waals surface area contributed by atoms with Gasteiger partial charge >= 0.3 is 5.69 Å². The van der Waals surface area contributed by atoms with Crippen LogP contribution in [-0.4, -0.2) is 41.6 Å². The molecule has 2 heterocycles. The lowest BCUT2D eigenvalue weighted by atomic mass is 10.2. The molecule has 2 amide bonds. The number of amides is 2. The van der Waals surface area contributed by atoms with Gasteiger partial charge in [0.2, 0.25) is 5.91 Å². The molecule has 3 N–H and O–H groups in total. The normalized spacial score (nSPS) is 13.0. The predicted molar refractivity (Wildman–Crippen MR) is 113 cm³/mol. The summed E-state index contributed by atoms with van der Waals surface area (Å²) in [7, 11) is 1.42. The molecule has 1 aromatic carbocycles. The summed E-state index contributed by atoms with van der Waals surface area (Å²) >= 11 is 0. The van der Waals surface area contributed by atoms with E-state index in [1.54, 1.807) is 24.3 Å². The summed E-state index contributed by atoms with van der Waals surface area (Å²) in [5, 5.41) is 0. The first-order valence-electron chi connectivity index (χ1n) is 9.76. The van der Waals surface area contributed by atoms with Crippen LogP contribution < -0.4 is 31.5 Å². The molecule has 1 aliphatic rings. The third kappa shape index (κ3) is 4.07. The maximum Gasteiger partial charge on any atom is 0.330 e. The summed E-state index contributed by atoms with van der Waals surface area (Å²) in [4.78, 5) is 54.3. The molecule has 30 heavy (non-hydrogen) atoms. The average Bonchev–Trinajstić information content (AvgIpc) is 2.72. The van der Waals surface area contributed by atoms with Crippen LogP contribution in [0.3, 0.4) is 0 Å². The molecule has 10 nitrogen and oxygen atoms in total. The Bertz CT molecular complexity index is 1070. The van der Waals surface area contributed by atoms with Crippen LogP contribution in [-0.2, 0) is 16.1 Å². The first-order chi connectivity index (χ1) is 14.3. The van der Waals surface area contributed by atoms with Crippen molar-refractivity contribution in [2.45, 2.75) is 32.7 Å². The number of aromatic nitrogens is 2. The number of H-pyrrole nitrogens is 1. The maximum absolute atomic E-state index is 12.8. The smallest absolute Gasteiger partial charge is 0.330 e. The van der Waals surface area contributed by atoms with Crippen molar-refractivity contribution in [1.82, 2.24) is 9.55 Å². The van der Waals surface area contributed by atoms with Crippen molar-refractivity contribution in [3.63, 3.8) is 0 Å². The van der Waals surface area contributed by atoms with E-state index in [2.05, 4.69) is 4.98 Å². The zero-order valence-corrected chi connectivity index (χ0v) is 17.0. The van der Waals surface area contributed by atoms with Gasteiger partial charge in [0.1, 0.15) is 11.6 Å². The van der Waals surface area contributed by atoms with Crippen LogP contribution in [0.5, 0.6) is 5.75 Å². The number of rotatable bonds is 7. The van der Waals surface area contributed by atoms with Crippen molar-refractivity contribution < 1.29 is 14.3 Å². The van der Waals surface area contributed by atoms with Crippen molar-refractivity contribution in [1.29, 1.82) is 0 Å². The Morgan fingerprint density at radius 3 is 2.70 bits per heavy atom. The largest absolute Gasteiger partial charge is 0.482 e. The Kier molecular flexibility index (Phi) is 6.24. The minimum Gasteiger partial charge on any atom is -0.482 e. The molecular formula is C20H25N5O5. The van der Waals surface area contributed by atoms with Gasteiger partial charge in [-0.2, -0.15) is 0 Å². The highest BCUT2D eigenvalue weighted by atomic mass is 16.5. The summed E-state index contributed by atoms with van der Waals surface area (Å²) in [6, 6.07) is 7.07. The van der Waals surface area contributed by atoms with Gasteiger partial charge in [-0.3, -0.25) is 23.9 Å². The van der Waals surface area contributed by atoms with E-state index in [9.17, 15) is 19.2 Å². The van der Waals surface area contributed by atoms with Gasteiger partial charge in [-0.1, -0.05) is 25.5 Å². The van der Waals surface area contributed by atoms with Gasteiger partial charge in [0.05, 0.1) is 5.69 Å². The third-order valence-corrected chi connectivity index (χ3v) is 5.02. The van der Waals surface area contributed by atoms with E-state index in [1.165, 1.54) is 16.5 Å². The highest BCUT2D eigenvalue weighted by Crippen LogP contribution is 2.31. The summed E-state index contributed by atoms with van der Waals surface area (Å²) in [6.45, 7) is 2.33. The number of benzene rings is 1. The molecule has 0 atom stereocenters. The highest BCUT2D eigenvalue weighted by Gasteiger charge is 2.27. The van der Waals surface area contributed by atoms with Crippen molar-refractivity contribution in [3.05, 3.63) is 45.1 Å². The van der Waals surface area contributed by atoms with Crippen LogP contribution in [0.15, 0.2) is 33.9 Å². The number of nitrogens with zero attached hydrogens (tertiary/aromatic N) is 3. The maximum atomic E-state index is 12.8. The van der Waals surface area contributed by atoms with Crippen LogP contribution in [0.25, 0.3) is 0 Å². The zero-order chi connectivity index (χ0) is 21.8. The molecule has 0 bridgehead atoms. The molecule has 0 saturated heterocycles. The van der Waals surface area contributed by atoms with E-state index < -0.39 is 17.2 Å². The fourth-order valence-electron chi connectivity index (χ4n) is 3.34. The lowest BCUT2D eigenvalue weighted by Gasteiger charge is -2.29. The van der Waals surface area contributed by atoms with Gasteiger partial charge in [-0.05, 0) is 18.6 Å². The van der Waals surface area contributed by atoms with E-state index in [4.69, 9.17) is 10.5 Å². The fourth-order valence-corrected chi connectivity index (χ4v) is 3.34. The number of nitrogens with one attached hydrogen (secondary N) is 1. The van der Waals surface area contributed by atoms with E-state index >= 15 is 0 Å². The second kappa shape index (κ2) is 8.85. The van der Waals surface area contributed by atoms with Gasteiger partial charge in [-0.15, -0.1) is 0 Å². The fraction of sp³-hybridized carbons (Fsp3) is 0.400. The number of carbonyl (C=O) groups excluding carboxylic acids is 2. The summed E-state index contributed by atoms with van der Waals surface area (Å²) in [5.41, 5.74) is 5.24. The number of unbranched alkanes of at least 4 members (excludes halogenated alkanes) is 1. The molecule has 3 rings (SSSR count). The van der Waals surface area contributed by atoms with E-state index in [0.29, 0.717) is 24.4 Å². The number of hydrogen-bond donors (Lipinski definition) is 2. The molecular weight excluding hydrogens is 390 g/mol. The zero-order valence-electron chi connectivity index (χ0n) is 17.0. The summed E-state index contributed by atoms with van der Waals surface area (Å²) in [6.07, 6.45) is 1.50. The highest BCUT2D eigenvalue weighted by molar-refractivity contribution is 6.00. The lowest BCUT2D eigenvalue weighted by molar-refractivity contribution is -0.121. The quantitative estimate of drug-likeness (QED) is 0.684. The number of nitrogen functional groups attached to an aromatic ring is 1. The van der Waals surface area contributed by atoms with Crippen molar-refractivity contribution in [2.24, 2.45) is 0 Å². The molecule has 1 aliphatic heterocycles. The molecule has 0 fully saturated rings. The number of fused-ring (bicyclic) bond motifs is 1. The number of carbonyl (C=O) groups is 2. The van der Waals surface area contributed by atoms with Crippen LogP contribution in [0.2, 0.25) is 0 Å². The van der Waals surface area contributed by atoms with Gasteiger partial charge in [-0.25, -0.2) is 4.79 Å². The van der Waals surface area contributed by atoms with Gasteiger partial charge in [0.25, 0.3) is 11.5 Å². The van der Waals surface area contributed by atoms with Crippen molar-refractivity contribution >= 4 is 29.0 Å². The molecule has 0 aliphatic carbocycles. The monoisotopic (exact) mass is 415 g/mol. The minimum absolute atomic E-state index is 0.0382. The number of nitrogens with two attached hydrogens (primary N) is 1. The number of anilines is 3. The summed E-state index contributed by atoms with van der Waals surface area (Å²) in [5.74, 6) is -0.151. The molecule has 0 spiro atoms. The Balaban J connectivity index is 1.79. The Hall–Kier alpha value is -3.56. The van der Waals surface area contributed by atoms with Crippen LogP contribution >= 0.6 is 0 Å². The second-order valence-electron chi connectivity index (χ2n) is 7.00. The molecule has 0 radical (unpaired) electrons.